The quantitative estimate of drug-likeness (QED) is 0.629. The first-order valence-electron chi connectivity index (χ1n) is 9.10. The molecule has 0 bridgehead atoms. The predicted molar refractivity (Wildman–Crippen MR) is 104 cm³/mol. The zero-order valence-electron chi connectivity index (χ0n) is 16.0. The number of rotatable bonds is 5. The van der Waals surface area contributed by atoms with Gasteiger partial charge in [-0.1, -0.05) is 24.3 Å². The van der Waals surface area contributed by atoms with Crippen molar-refractivity contribution in [1.29, 1.82) is 0 Å². The molecule has 4 nitrogen and oxygen atoms in total. The molecule has 3 rings (SSSR count). The second-order valence-corrected chi connectivity index (χ2v) is 6.69. The molecule has 1 heterocycles. The van der Waals surface area contributed by atoms with Crippen LogP contribution in [0.2, 0.25) is 0 Å². The summed E-state index contributed by atoms with van der Waals surface area (Å²) in [6, 6.07) is 11.9. The summed E-state index contributed by atoms with van der Waals surface area (Å²) < 4.78 is 53.6. The number of nitrogens with zero attached hydrogens (tertiary/aromatic N) is 1. The third kappa shape index (κ3) is 4.59. The molecule has 0 saturated heterocycles. The highest BCUT2D eigenvalue weighted by Crippen LogP contribution is 2.30. The minimum absolute atomic E-state index is 0.00442. The summed E-state index contributed by atoms with van der Waals surface area (Å²) in [4.78, 5) is 25.4. The maximum absolute atomic E-state index is 13.7. The number of hydrogen-bond acceptors (Lipinski definition) is 2. The van der Waals surface area contributed by atoms with Gasteiger partial charge in [-0.25, -0.2) is 4.39 Å². The van der Waals surface area contributed by atoms with Gasteiger partial charge < -0.3 is 5.32 Å². The van der Waals surface area contributed by atoms with Crippen LogP contribution in [0.4, 0.5) is 17.6 Å². The Bertz CT molecular complexity index is 1140. The number of hydrogen-bond donors (Lipinski definition) is 1. The van der Waals surface area contributed by atoms with Gasteiger partial charge in [-0.2, -0.15) is 13.2 Å². The second-order valence-electron chi connectivity index (χ2n) is 6.69. The summed E-state index contributed by atoms with van der Waals surface area (Å²) in [5.41, 5.74) is -1.02. The van der Waals surface area contributed by atoms with Gasteiger partial charge in [-0.05, 0) is 54.8 Å². The van der Waals surface area contributed by atoms with E-state index in [1.165, 1.54) is 30.5 Å². The Morgan fingerprint density at radius 3 is 2.50 bits per heavy atom. The first kappa shape index (κ1) is 21.3. The fraction of sp³-hybridized carbons (Fsp3) is 0.182. The first-order chi connectivity index (χ1) is 14.2. The van der Waals surface area contributed by atoms with Gasteiger partial charge in [0.15, 0.2) is 0 Å². The molecule has 156 valence electrons. The van der Waals surface area contributed by atoms with Crippen LogP contribution in [0.1, 0.15) is 27.0 Å². The summed E-state index contributed by atoms with van der Waals surface area (Å²) in [5.74, 6) is -1.07. The number of nitrogens with one attached hydrogen (secondary N) is 1. The van der Waals surface area contributed by atoms with Crippen LogP contribution in [0.25, 0.3) is 5.69 Å². The van der Waals surface area contributed by atoms with E-state index < -0.39 is 29.0 Å². The topological polar surface area (TPSA) is 51.1 Å². The number of pyridine rings is 1. The Kier molecular flexibility index (Phi) is 6.05. The smallest absolute Gasteiger partial charge is 0.352 e. The fourth-order valence-corrected chi connectivity index (χ4v) is 3.04. The molecule has 0 aliphatic heterocycles. The number of aryl methyl sites for hydroxylation is 1. The van der Waals surface area contributed by atoms with E-state index in [9.17, 15) is 27.2 Å². The third-order valence-corrected chi connectivity index (χ3v) is 4.62. The molecular formula is C22H18F4N2O2. The molecule has 2 aromatic carbocycles. The highest BCUT2D eigenvalue weighted by molar-refractivity contribution is 5.95. The van der Waals surface area contributed by atoms with E-state index >= 15 is 0 Å². The van der Waals surface area contributed by atoms with E-state index in [-0.39, 0.29) is 24.2 Å². The van der Waals surface area contributed by atoms with Crippen molar-refractivity contribution in [2.24, 2.45) is 0 Å². The summed E-state index contributed by atoms with van der Waals surface area (Å²) in [6.07, 6.45) is -3.01. The molecule has 0 radical (unpaired) electrons. The summed E-state index contributed by atoms with van der Waals surface area (Å²) >= 11 is 0. The van der Waals surface area contributed by atoms with Gasteiger partial charge in [0, 0.05) is 18.4 Å². The van der Waals surface area contributed by atoms with Gasteiger partial charge in [0.2, 0.25) is 0 Å². The van der Waals surface area contributed by atoms with Crippen molar-refractivity contribution in [2.45, 2.75) is 19.5 Å². The first-order valence-corrected chi connectivity index (χ1v) is 9.10. The van der Waals surface area contributed by atoms with Crippen molar-refractivity contribution in [3.8, 4) is 5.69 Å². The molecule has 1 N–H and O–H groups in total. The van der Waals surface area contributed by atoms with Gasteiger partial charge in [0.05, 0.1) is 5.56 Å². The maximum atomic E-state index is 13.7. The summed E-state index contributed by atoms with van der Waals surface area (Å²) in [6.45, 7) is 1.65. The molecule has 0 unspecified atom stereocenters. The molecule has 0 aliphatic rings. The molecule has 3 aromatic rings. The molecular weight excluding hydrogens is 400 g/mol. The maximum Gasteiger partial charge on any atom is 0.416 e. The number of alkyl halides is 3. The minimum Gasteiger partial charge on any atom is -0.352 e. The van der Waals surface area contributed by atoms with Crippen LogP contribution in [-0.2, 0) is 12.6 Å². The number of amides is 1. The lowest BCUT2D eigenvalue weighted by Crippen LogP contribution is -2.34. The Morgan fingerprint density at radius 2 is 1.80 bits per heavy atom. The Hall–Kier alpha value is -3.42. The zero-order valence-corrected chi connectivity index (χ0v) is 16.0. The van der Waals surface area contributed by atoms with E-state index in [1.54, 1.807) is 25.1 Å². The van der Waals surface area contributed by atoms with Gasteiger partial charge >= 0.3 is 6.18 Å². The third-order valence-electron chi connectivity index (χ3n) is 4.62. The van der Waals surface area contributed by atoms with Crippen molar-refractivity contribution in [2.75, 3.05) is 6.54 Å². The molecule has 0 atom stereocenters. The van der Waals surface area contributed by atoms with Crippen LogP contribution in [0.5, 0.6) is 0 Å². The van der Waals surface area contributed by atoms with E-state index in [4.69, 9.17) is 0 Å². The van der Waals surface area contributed by atoms with Crippen molar-refractivity contribution >= 4 is 5.91 Å². The minimum atomic E-state index is -4.56. The van der Waals surface area contributed by atoms with Crippen LogP contribution in [0.15, 0.2) is 65.6 Å². The Balaban J connectivity index is 1.85. The number of carbonyl (C=O) groups is 1. The number of aromatic nitrogens is 1. The molecule has 0 fully saturated rings. The lowest BCUT2D eigenvalue weighted by atomic mass is 10.1. The summed E-state index contributed by atoms with van der Waals surface area (Å²) in [5, 5.41) is 2.57. The normalized spacial score (nSPS) is 11.4. The van der Waals surface area contributed by atoms with Gasteiger partial charge in [0.25, 0.3) is 11.5 Å². The van der Waals surface area contributed by atoms with Crippen LogP contribution < -0.4 is 10.9 Å². The molecule has 30 heavy (non-hydrogen) atoms. The van der Waals surface area contributed by atoms with Gasteiger partial charge in [-0.15, -0.1) is 0 Å². The van der Waals surface area contributed by atoms with E-state index in [0.29, 0.717) is 11.1 Å². The average Bonchev–Trinajstić information content (AvgIpc) is 2.69. The van der Waals surface area contributed by atoms with E-state index in [0.717, 1.165) is 16.7 Å². The number of carbonyl (C=O) groups excluding carboxylic acids is 1. The SMILES string of the molecule is Cc1ccn(-c2cccc(C(F)(F)F)c2)c(=O)c1C(=O)NCCc1ccccc1F. The van der Waals surface area contributed by atoms with Crippen LogP contribution in [-0.4, -0.2) is 17.0 Å². The molecule has 0 spiro atoms. The highest BCUT2D eigenvalue weighted by Gasteiger charge is 2.30. The van der Waals surface area contributed by atoms with Crippen molar-refractivity contribution in [1.82, 2.24) is 9.88 Å². The Morgan fingerprint density at radius 1 is 1.07 bits per heavy atom. The van der Waals surface area contributed by atoms with Crippen LogP contribution in [0.3, 0.4) is 0 Å². The molecule has 1 amide bonds. The second kappa shape index (κ2) is 8.52. The van der Waals surface area contributed by atoms with Gasteiger partial charge in [0.1, 0.15) is 11.4 Å². The van der Waals surface area contributed by atoms with E-state index in [1.807, 2.05) is 0 Å². The summed E-state index contributed by atoms with van der Waals surface area (Å²) in [7, 11) is 0. The zero-order chi connectivity index (χ0) is 21.9. The standard InChI is InChI=1S/C22H18F4N2O2/c1-14-10-12-28(17-7-4-6-16(13-17)22(24,25)26)21(30)19(14)20(29)27-11-9-15-5-2-3-8-18(15)23/h2-8,10,12-13H,9,11H2,1H3,(H,27,29). The molecule has 1 aromatic heterocycles. The fourth-order valence-electron chi connectivity index (χ4n) is 3.04. The largest absolute Gasteiger partial charge is 0.416 e. The lowest BCUT2D eigenvalue weighted by Gasteiger charge is -2.13. The monoisotopic (exact) mass is 418 g/mol. The van der Waals surface area contributed by atoms with Crippen molar-refractivity contribution < 1.29 is 22.4 Å². The van der Waals surface area contributed by atoms with Crippen LogP contribution in [0, 0.1) is 12.7 Å². The Labute approximate surface area is 169 Å². The number of halogens is 4. The molecule has 0 saturated carbocycles. The highest BCUT2D eigenvalue weighted by atomic mass is 19.4. The van der Waals surface area contributed by atoms with Gasteiger partial charge in [-0.3, -0.25) is 14.2 Å². The predicted octanol–water partition coefficient (Wildman–Crippen LogP) is 4.28. The number of benzene rings is 2. The van der Waals surface area contributed by atoms with Crippen molar-refractivity contribution in [3.05, 3.63) is 99.2 Å². The van der Waals surface area contributed by atoms with Crippen molar-refractivity contribution in [3.63, 3.8) is 0 Å². The molecule has 0 aliphatic carbocycles. The average molecular weight is 418 g/mol. The van der Waals surface area contributed by atoms with E-state index in [2.05, 4.69) is 5.32 Å². The van der Waals surface area contributed by atoms with Crippen LogP contribution >= 0.6 is 0 Å². The lowest BCUT2D eigenvalue weighted by molar-refractivity contribution is -0.137. The molecule has 8 heteroatoms.